The number of hydrogen-bond donors (Lipinski definition) is 2. The monoisotopic (exact) mass is 300 g/mol. The molecule has 2 heterocycles. The van der Waals surface area contributed by atoms with Crippen molar-refractivity contribution in [2.24, 2.45) is 7.05 Å². The first-order valence-corrected chi connectivity index (χ1v) is 7.31. The van der Waals surface area contributed by atoms with Crippen molar-refractivity contribution in [2.75, 3.05) is 13.7 Å². The zero-order chi connectivity index (χ0) is 15.5. The number of fused-ring (bicyclic) bond motifs is 1. The minimum Gasteiger partial charge on any atom is -0.497 e. The van der Waals surface area contributed by atoms with Gasteiger partial charge < -0.3 is 15.4 Å². The number of hydrogen-bond acceptors (Lipinski definition) is 4. The van der Waals surface area contributed by atoms with E-state index in [2.05, 4.69) is 15.7 Å². The lowest BCUT2D eigenvalue weighted by molar-refractivity contribution is -0.122. The molecule has 2 aromatic rings. The second-order valence-corrected chi connectivity index (χ2v) is 5.46. The van der Waals surface area contributed by atoms with Gasteiger partial charge in [0, 0.05) is 38.4 Å². The number of carbonyl (C=O) groups excluding carboxylic acids is 1. The standard InChI is InChI=1S/C16H20N4O2/c1-20-10-12-8-17-9-14(15(12)19-20)16(21)18-7-11-3-5-13(22-2)6-4-11/h3-6,10,14,17H,7-9H2,1-2H3,(H,18,21)/t14-/m0/s1. The molecule has 1 aromatic heterocycles. The number of amides is 1. The molecule has 0 saturated heterocycles. The van der Waals surface area contributed by atoms with Crippen LogP contribution in [0, 0.1) is 0 Å². The van der Waals surface area contributed by atoms with Gasteiger partial charge in [0.05, 0.1) is 18.7 Å². The van der Waals surface area contributed by atoms with Crippen LogP contribution in [0.2, 0.25) is 0 Å². The summed E-state index contributed by atoms with van der Waals surface area (Å²) in [7, 11) is 3.52. The Morgan fingerprint density at radius 3 is 2.95 bits per heavy atom. The number of ether oxygens (including phenoxy) is 1. The molecule has 6 heteroatoms. The van der Waals surface area contributed by atoms with Crippen LogP contribution in [0.15, 0.2) is 30.5 Å². The highest BCUT2D eigenvalue weighted by Gasteiger charge is 2.29. The summed E-state index contributed by atoms with van der Waals surface area (Å²) in [5, 5.41) is 10.7. The van der Waals surface area contributed by atoms with E-state index in [0.717, 1.165) is 29.1 Å². The zero-order valence-electron chi connectivity index (χ0n) is 12.8. The quantitative estimate of drug-likeness (QED) is 0.881. The molecule has 1 aromatic carbocycles. The molecule has 0 fully saturated rings. The van der Waals surface area contributed by atoms with Crippen molar-refractivity contribution in [2.45, 2.75) is 19.0 Å². The molecule has 2 N–H and O–H groups in total. The van der Waals surface area contributed by atoms with Gasteiger partial charge in [0.2, 0.25) is 5.91 Å². The smallest absolute Gasteiger partial charge is 0.230 e. The van der Waals surface area contributed by atoms with E-state index in [4.69, 9.17) is 4.74 Å². The maximum absolute atomic E-state index is 12.4. The van der Waals surface area contributed by atoms with Crippen molar-refractivity contribution >= 4 is 5.91 Å². The Labute approximate surface area is 129 Å². The largest absolute Gasteiger partial charge is 0.497 e. The number of rotatable bonds is 4. The molecule has 0 unspecified atom stereocenters. The lowest BCUT2D eigenvalue weighted by atomic mass is 9.97. The van der Waals surface area contributed by atoms with Gasteiger partial charge in [0.15, 0.2) is 0 Å². The third kappa shape index (κ3) is 2.96. The third-order valence-electron chi connectivity index (χ3n) is 3.87. The first kappa shape index (κ1) is 14.6. The lowest BCUT2D eigenvalue weighted by Gasteiger charge is -2.21. The predicted molar refractivity (Wildman–Crippen MR) is 82.5 cm³/mol. The zero-order valence-corrected chi connectivity index (χ0v) is 12.8. The summed E-state index contributed by atoms with van der Waals surface area (Å²) in [6.07, 6.45) is 1.96. The number of nitrogens with zero attached hydrogens (tertiary/aromatic N) is 2. The Morgan fingerprint density at radius 1 is 1.45 bits per heavy atom. The molecule has 0 spiro atoms. The Morgan fingerprint density at radius 2 is 2.23 bits per heavy atom. The molecule has 0 bridgehead atoms. The van der Waals surface area contributed by atoms with Crippen LogP contribution < -0.4 is 15.4 Å². The van der Waals surface area contributed by atoms with Crippen LogP contribution in [0.5, 0.6) is 5.75 Å². The number of aryl methyl sites for hydroxylation is 1. The van der Waals surface area contributed by atoms with E-state index in [1.54, 1.807) is 11.8 Å². The summed E-state index contributed by atoms with van der Waals surface area (Å²) >= 11 is 0. The van der Waals surface area contributed by atoms with Crippen molar-refractivity contribution in [1.29, 1.82) is 0 Å². The molecule has 22 heavy (non-hydrogen) atoms. The summed E-state index contributed by atoms with van der Waals surface area (Å²) < 4.78 is 6.89. The van der Waals surface area contributed by atoms with E-state index >= 15 is 0 Å². The summed E-state index contributed by atoms with van der Waals surface area (Å²) in [5.41, 5.74) is 3.02. The maximum Gasteiger partial charge on any atom is 0.230 e. The molecule has 6 nitrogen and oxygen atoms in total. The summed E-state index contributed by atoms with van der Waals surface area (Å²) in [5.74, 6) is 0.579. The van der Waals surface area contributed by atoms with Crippen molar-refractivity contribution in [3.63, 3.8) is 0 Å². The maximum atomic E-state index is 12.4. The molecular formula is C16H20N4O2. The average Bonchev–Trinajstić information content (AvgIpc) is 2.93. The summed E-state index contributed by atoms with van der Waals surface area (Å²) in [6, 6.07) is 7.68. The highest BCUT2D eigenvalue weighted by atomic mass is 16.5. The van der Waals surface area contributed by atoms with Crippen LogP contribution in [-0.4, -0.2) is 29.3 Å². The Kier molecular flexibility index (Phi) is 4.11. The fourth-order valence-corrected chi connectivity index (χ4v) is 2.70. The van der Waals surface area contributed by atoms with Gasteiger partial charge in [-0.25, -0.2) is 0 Å². The molecule has 1 aliphatic rings. The van der Waals surface area contributed by atoms with Gasteiger partial charge in [-0.1, -0.05) is 12.1 Å². The molecule has 0 aliphatic carbocycles. The van der Waals surface area contributed by atoms with Crippen LogP contribution in [0.3, 0.4) is 0 Å². The van der Waals surface area contributed by atoms with Gasteiger partial charge >= 0.3 is 0 Å². The fraction of sp³-hybridized carbons (Fsp3) is 0.375. The average molecular weight is 300 g/mol. The third-order valence-corrected chi connectivity index (χ3v) is 3.87. The van der Waals surface area contributed by atoms with E-state index in [-0.39, 0.29) is 11.8 Å². The topological polar surface area (TPSA) is 68.2 Å². The molecule has 1 amide bonds. The van der Waals surface area contributed by atoms with Crippen molar-refractivity contribution in [3.8, 4) is 5.75 Å². The van der Waals surface area contributed by atoms with E-state index in [0.29, 0.717) is 13.1 Å². The van der Waals surface area contributed by atoms with Gasteiger partial charge in [0.25, 0.3) is 0 Å². The summed E-state index contributed by atoms with van der Waals surface area (Å²) in [4.78, 5) is 12.4. The molecule has 3 rings (SSSR count). The van der Waals surface area contributed by atoms with Crippen LogP contribution in [0.4, 0.5) is 0 Å². The summed E-state index contributed by atoms with van der Waals surface area (Å²) in [6.45, 7) is 1.89. The van der Waals surface area contributed by atoms with Crippen molar-refractivity contribution in [1.82, 2.24) is 20.4 Å². The first-order valence-electron chi connectivity index (χ1n) is 7.31. The van der Waals surface area contributed by atoms with Crippen LogP contribution in [0.1, 0.15) is 22.7 Å². The van der Waals surface area contributed by atoms with Gasteiger partial charge in [0.1, 0.15) is 5.75 Å². The van der Waals surface area contributed by atoms with E-state index < -0.39 is 0 Å². The molecule has 0 saturated carbocycles. The number of nitrogens with one attached hydrogen (secondary N) is 2. The number of methoxy groups -OCH3 is 1. The van der Waals surface area contributed by atoms with Gasteiger partial charge in [-0.15, -0.1) is 0 Å². The predicted octanol–water partition coefficient (Wildman–Crippen LogP) is 0.932. The minimum absolute atomic E-state index is 0.00275. The minimum atomic E-state index is -0.233. The second-order valence-electron chi connectivity index (χ2n) is 5.46. The lowest BCUT2D eigenvalue weighted by Crippen LogP contribution is -2.38. The highest BCUT2D eigenvalue weighted by molar-refractivity contribution is 5.84. The second kappa shape index (κ2) is 6.19. The van der Waals surface area contributed by atoms with Gasteiger partial charge in [-0.05, 0) is 17.7 Å². The Balaban J connectivity index is 1.65. The van der Waals surface area contributed by atoms with Crippen LogP contribution in [0.25, 0.3) is 0 Å². The Bertz CT molecular complexity index is 663. The van der Waals surface area contributed by atoms with Gasteiger partial charge in [-0.2, -0.15) is 5.10 Å². The van der Waals surface area contributed by atoms with E-state index in [9.17, 15) is 4.79 Å². The SMILES string of the molecule is COc1ccc(CNC(=O)[C@H]2CNCc3cn(C)nc32)cc1. The van der Waals surface area contributed by atoms with Crippen molar-refractivity contribution < 1.29 is 9.53 Å². The fourth-order valence-electron chi connectivity index (χ4n) is 2.70. The Hall–Kier alpha value is -2.34. The normalized spacial score (nSPS) is 16.9. The molecule has 1 aliphatic heterocycles. The first-order chi connectivity index (χ1) is 10.7. The molecule has 116 valence electrons. The highest BCUT2D eigenvalue weighted by Crippen LogP contribution is 2.22. The van der Waals surface area contributed by atoms with E-state index in [1.165, 1.54) is 0 Å². The molecule has 0 radical (unpaired) electrons. The van der Waals surface area contributed by atoms with Gasteiger partial charge in [-0.3, -0.25) is 9.48 Å². The number of carbonyl (C=O) groups is 1. The van der Waals surface area contributed by atoms with Crippen LogP contribution in [-0.2, 0) is 24.9 Å². The van der Waals surface area contributed by atoms with Crippen molar-refractivity contribution in [3.05, 3.63) is 47.3 Å². The van der Waals surface area contributed by atoms with E-state index in [1.807, 2.05) is 37.5 Å². The molecular weight excluding hydrogens is 280 g/mol. The molecule has 1 atom stereocenters. The van der Waals surface area contributed by atoms with Crippen LogP contribution >= 0.6 is 0 Å². The number of benzene rings is 1. The number of aromatic nitrogens is 2.